The highest BCUT2D eigenvalue weighted by molar-refractivity contribution is 4.92. The number of ether oxygens (including phenoxy) is 1. The first kappa shape index (κ1) is 14.0. The van der Waals surface area contributed by atoms with Gasteiger partial charge < -0.3 is 9.84 Å². The van der Waals surface area contributed by atoms with E-state index in [1.54, 1.807) is 7.11 Å². The zero-order valence-electron chi connectivity index (χ0n) is 11.3. The summed E-state index contributed by atoms with van der Waals surface area (Å²) in [6.07, 6.45) is 6.17. The second-order valence-corrected chi connectivity index (χ2v) is 5.96. The molecule has 1 rings (SSSR count). The van der Waals surface area contributed by atoms with Gasteiger partial charge in [-0.2, -0.15) is 0 Å². The van der Waals surface area contributed by atoms with Crippen molar-refractivity contribution < 1.29 is 9.84 Å². The molecule has 1 aliphatic rings. The van der Waals surface area contributed by atoms with Gasteiger partial charge >= 0.3 is 0 Å². The summed E-state index contributed by atoms with van der Waals surface area (Å²) in [7, 11) is 1.76. The Morgan fingerprint density at radius 2 is 2.06 bits per heavy atom. The molecule has 1 N–H and O–H groups in total. The molecule has 0 spiro atoms. The van der Waals surface area contributed by atoms with Gasteiger partial charge in [-0.25, -0.2) is 0 Å². The summed E-state index contributed by atoms with van der Waals surface area (Å²) in [6, 6.07) is 0. The van der Waals surface area contributed by atoms with Gasteiger partial charge in [0.2, 0.25) is 0 Å². The highest BCUT2D eigenvalue weighted by Gasteiger charge is 2.40. The summed E-state index contributed by atoms with van der Waals surface area (Å²) in [5.41, 5.74) is -0.257. The number of hydrogen-bond acceptors (Lipinski definition) is 2. The number of methoxy groups -OCH3 is 1. The van der Waals surface area contributed by atoms with Crippen LogP contribution < -0.4 is 0 Å². The first-order chi connectivity index (χ1) is 7.50. The van der Waals surface area contributed by atoms with E-state index in [-0.39, 0.29) is 11.7 Å². The Balaban J connectivity index is 2.56. The molecule has 1 fully saturated rings. The van der Waals surface area contributed by atoms with Crippen LogP contribution >= 0.6 is 0 Å². The Kier molecular flexibility index (Phi) is 5.26. The summed E-state index contributed by atoms with van der Waals surface area (Å²) < 4.78 is 5.69. The Labute approximate surface area is 100 Å². The molecule has 1 aliphatic carbocycles. The van der Waals surface area contributed by atoms with E-state index < -0.39 is 0 Å². The summed E-state index contributed by atoms with van der Waals surface area (Å²) in [5.74, 6) is 1.34. The van der Waals surface area contributed by atoms with Gasteiger partial charge in [0.05, 0.1) is 11.7 Å². The summed E-state index contributed by atoms with van der Waals surface area (Å²) in [4.78, 5) is 0. The standard InChI is InChI=1S/C14H28O2/c1-11(2)7-8-13(15)14(16-4)9-5-6-12(3)10-14/h11-13,15H,5-10H2,1-4H3. The first-order valence-electron chi connectivity index (χ1n) is 6.73. The van der Waals surface area contributed by atoms with Crippen LogP contribution in [0.4, 0.5) is 0 Å². The van der Waals surface area contributed by atoms with E-state index in [4.69, 9.17) is 4.74 Å². The lowest BCUT2D eigenvalue weighted by atomic mass is 9.74. The minimum Gasteiger partial charge on any atom is -0.390 e. The lowest BCUT2D eigenvalue weighted by molar-refractivity contribution is -0.134. The minimum absolute atomic E-state index is 0.257. The minimum atomic E-state index is -0.289. The zero-order chi connectivity index (χ0) is 12.2. The van der Waals surface area contributed by atoms with Crippen LogP contribution in [0.15, 0.2) is 0 Å². The van der Waals surface area contributed by atoms with E-state index in [1.807, 2.05) is 0 Å². The predicted molar refractivity (Wildman–Crippen MR) is 67.5 cm³/mol. The van der Waals surface area contributed by atoms with Crippen LogP contribution in [0.25, 0.3) is 0 Å². The van der Waals surface area contributed by atoms with Crippen molar-refractivity contribution in [1.82, 2.24) is 0 Å². The van der Waals surface area contributed by atoms with Crippen molar-refractivity contribution in [2.75, 3.05) is 7.11 Å². The molecule has 3 atom stereocenters. The van der Waals surface area contributed by atoms with Gasteiger partial charge in [0, 0.05) is 7.11 Å². The fourth-order valence-electron chi connectivity index (χ4n) is 2.92. The molecule has 0 saturated heterocycles. The molecule has 0 aromatic heterocycles. The largest absolute Gasteiger partial charge is 0.390 e. The van der Waals surface area contributed by atoms with Crippen LogP contribution in [0.5, 0.6) is 0 Å². The van der Waals surface area contributed by atoms with Crippen molar-refractivity contribution in [3.8, 4) is 0 Å². The lowest BCUT2D eigenvalue weighted by Crippen LogP contribution is -2.47. The smallest absolute Gasteiger partial charge is 0.0938 e. The molecule has 16 heavy (non-hydrogen) atoms. The van der Waals surface area contributed by atoms with Gasteiger partial charge in [0.15, 0.2) is 0 Å². The summed E-state index contributed by atoms with van der Waals surface area (Å²) >= 11 is 0. The lowest BCUT2D eigenvalue weighted by Gasteiger charge is -2.42. The Hall–Kier alpha value is -0.0800. The molecule has 2 heteroatoms. The van der Waals surface area contributed by atoms with Gasteiger partial charge in [-0.05, 0) is 37.5 Å². The van der Waals surface area contributed by atoms with Crippen molar-refractivity contribution in [1.29, 1.82) is 0 Å². The third kappa shape index (κ3) is 3.46. The van der Waals surface area contributed by atoms with Gasteiger partial charge in [-0.3, -0.25) is 0 Å². The Morgan fingerprint density at radius 1 is 1.38 bits per heavy atom. The van der Waals surface area contributed by atoms with E-state index in [0.29, 0.717) is 11.8 Å². The molecule has 96 valence electrons. The first-order valence-corrected chi connectivity index (χ1v) is 6.73. The van der Waals surface area contributed by atoms with E-state index in [9.17, 15) is 5.11 Å². The molecule has 0 radical (unpaired) electrons. The van der Waals surface area contributed by atoms with Crippen LogP contribution in [-0.4, -0.2) is 23.9 Å². The van der Waals surface area contributed by atoms with E-state index >= 15 is 0 Å². The quantitative estimate of drug-likeness (QED) is 0.781. The molecular formula is C14H28O2. The van der Waals surface area contributed by atoms with Crippen molar-refractivity contribution in [3.05, 3.63) is 0 Å². The fraction of sp³-hybridized carbons (Fsp3) is 1.00. The highest BCUT2D eigenvalue weighted by atomic mass is 16.5. The predicted octanol–water partition coefficient (Wildman–Crippen LogP) is 3.38. The van der Waals surface area contributed by atoms with Gasteiger partial charge in [0.1, 0.15) is 0 Å². The maximum atomic E-state index is 10.4. The zero-order valence-corrected chi connectivity index (χ0v) is 11.3. The molecule has 1 saturated carbocycles. The van der Waals surface area contributed by atoms with Gasteiger partial charge in [-0.15, -0.1) is 0 Å². The molecule has 0 aliphatic heterocycles. The third-order valence-electron chi connectivity index (χ3n) is 4.02. The van der Waals surface area contributed by atoms with E-state index in [0.717, 1.165) is 25.7 Å². The number of aliphatic hydroxyl groups excluding tert-OH is 1. The molecule has 0 aromatic rings. The molecule has 0 amide bonds. The van der Waals surface area contributed by atoms with Gasteiger partial charge in [0.25, 0.3) is 0 Å². The van der Waals surface area contributed by atoms with Crippen molar-refractivity contribution in [3.63, 3.8) is 0 Å². The number of rotatable bonds is 5. The summed E-state index contributed by atoms with van der Waals surface area (Å²) in [5, 5.41) is 10.4. The topological polar surface area (TPSA) is 29.5 Å². The van der Waals surface area contributed by atoms with Crippen molar-refractivity contribution >= 4 is 0 Å². The van der Waals surface area contributed by atoms with Gasteiger partial charge in [-0.1, -0.05) is 33.6 Å². The number of aliphatic hydroxyl groups is 1. The van der Waals surface area contributed by atoms with E-state index in [1.165, 1.54) is 12.8 Å². The maximum absolute atomic E-state index is 10.4. The average molecular weight is 228 g/mol. The maximum Gasteiger partial charge on any atom is 0.0938 e. The molecule has 0 aromatic carbocycles. The van der Waals surface area contributed by atoms with Crippen molar-refractivity contribution in [2.24, 2.45) is 11.8 Å². The molecule has 3 unspecified atom stereocenters. The molecular weight excluding hydrogens is 200 g/mol. The van der Waals surface area contributed by atoms with E-state index in [2.05, 4.69) is 20.8 Å². The Bertz CT molecular complexity index is 203. The summed E-state index contributed by atoms with van der Waals surface area (Å²) in [6.45, 7) is 6.67. The van der Waals surface area contributed by atoms with Crippen LogP contribution in [-0.2, 0) is 4.74 Å². The van der Waals surface area contributed by atoms with Crippen LogP contribution in [0.3, 0.4) is 0 Å². The van der Waals surface area contributed by atoms with Crippen LogP contribution in [0, 0.1) is 11.8 Å². The van der Waals surface area contributed by atoms with Crippen LogP contribution in [0.1, 0.15) is 59.3 Å². The van der Waals surface area contributed by atoms with Crippen LogP contribution in [0.2, 0.25) is 0 Å². The van der Waals surface area contributed by atoms with Crippen molar-refractivity contribution in [2.45, 2.75) is 71.0 Å². The highest BCUT2D eigenvalue weighted by Crippen LogP contribution is 2.38. The average Bonchev–Trinajstić information content (AvgIpc) is 2.25. The number of hydrogen-bond donors (Lipinski definition) is 1. The molecule has 2 nitrogen and oxygen atoms in total. The molecule has 0 heterocycles. The Morgan fingerprint density at radius 3 is 2.56 bits per heavy atom. The fourth-order valence-corrected chi connectivity index (χ4v) is 2.92. The second kappa shape index (κ2) is 6.02. The third-order valence-corrected chi connectivity index (χ3v) is 4.02. The SMILES string of the molecule is COC1(C(O)CCC(C)C)CCCC(C)C1. The molecule has 0 bridgehead atoms. The normalized spacial score (nSPS) is 33.0. The monoisotopic (exact) mass is 228 g/mol. The second-order valence-electron chi connectivity index (χ2n) is 5.96.